The summed E-state index contributed by atoms with van der Waals surface area (Å²) < 4.78 is 27.2. The monoisotopic (exact) mass is 293 g/mol. The van der Waals surface area contributed by atoms with Crippen LogP contribution in [-0.2, 0) is 10.0 Å². The van der Waals surface area contributed by atoms with Gasteiger partial charge in [0, 0.05) is 5.56 Å². The highest BCUT2D eigenvalue weighted by Gasteiger charge is 2.30. The molecule has 0 aromatic heterocycles. The first-order valence-corrected chi connectivity index (χ1v) is 7.91. The Morgan fingerprint density at radius 3 is 2.10 bits per heavy atom. The van der Waals surface area contributed by atoms with E-state index < -0.39 is 15.6 Å². The molecule has 0 amide bonds. The maximum Gasteiger partial charge on any atom is 0.241 e. The van der Waals surface area contributed by atoms with E-state index >= 15 is 0 Å². The first kappa shape index (κ1) is 16.4. The first-order chi connectivity index (χ1) is 9.30. The lowest BCUT2D eigenvalue weighted by molar-refractivity contribution is 0.101. The number of hydrogen-bond donors (Lipinski definition) is 1. The molecule has 0 fully saturated rings. The number of ketones is 1. The van der Waals surface area contributed by atoms with Gasteiger partial charge in [0.15, 0.2) is 5.78 Å². The van der Waals surface area contributed by atoms with Crippen LogP contribution in [0.5, 0.6) is 0 Å². The third-order valence-electron chi connectivity index (χ3n) is 3.38. The van der Waals surface area contributed by atoms with E-state index in [-0.39, 0.29) is 10.7 Å². The maximum absolute atomic E-state index is 12.3. The Bertz CT molecular complexity index is 620. The van der Waals surface area contributed by atoms with Gasteiger partial charge >= 0.3 is 0 Å². The normalized spacial score (nSPS) is 11.9. The molecule has 0 saturated heterocycles. The van der Waals surface area contributed by atoms with Crippen molar-refractivity contribution >= 4 is 15.8 Å². The summed E-state index contributed by atoms with van der Waals surface area (Å²) in [5, 5.41) is 0. The van der Waals surface area contributed by atoms with Crippen LogP contribution < -0.4 is 4.72 Å². The van der Waals surface area contributed by atoms with Crippen molar-refractivity contribution in [3.8, 4) is 12.3 Å². The number of nitrogens with one attached hydrogen (secondary N) is 1. The topological polar surface area (TPSA) is 63.2 Å². The average molecular weight is 293 g/mol. The molecular formula is C15H19NO3S. The Morgan fingerprint density at radius 1 is 1.25 bits per heavy atom. The summed E-state index contributed by atoms with van der Waals surface area (Å²) in [7, 11) is -3.70. The smallest absolute Gasteiger partial charge is 0.241 e. The lowest BCUT2D eigenvalue weighted by atomic mass is 9.96. The van der Waals surface area contributed by atoms with Gasteiger partial charge in [-0.05, 0) is 31.9 Å². The minimum absolute atomic E-state index is 0.101. The van der Waals surface area contributed by atoms with E-state index in [0.717, 1.165) is 0 Å². The molecule has 1 aromatic carbocycles. The van der Waals surface area contributed by atoms with Gasteiger partial charge in [0.2, 0.25) is 10.0 Å². The zero-order valence-corrected chi connectivity index (χ0v) is 12.8. The molecule has 0 aliphatic rings. The number of Topliss-reactive ketones (excluding diaryl/α,β-unsaturated/α-hetero) is 1. The fourth-order valence-corrected chi connectivity index (χ4v) is 3.29. The predicted octanol–water partition coefficient (Wildman–Crippen LogP) is 2.36. The van der Waals surface area contributed by atoms with Crippen LogP contribution in [-0.4, -0.2) is 19.7 Å². The highest BCUT2D eigenvalue weighted by Crippen LogP contribution is 2.19. The van der Waals surface area contributed by atoms with Gasteiger partial charge in [-0.2, -0.15) is 4.72 Å². The van der Waals surface area contributed by atoms with Gasteiger partial charge in [0.05, 0.1) is 10.4 Å². The molecule has 20 heavy (non-hydrogen) atoms. The molecule has 0 aliphatic heterocycles. The SMILES string of the molecule is C#CC(CC)(CC)NS(=O)(=O)c1ccc(C(C)=O)cc1. The summed E-state index contributed by atoms with van der Waals surface area (Å²) in [6.07, 6.45) is 6.47. The molecule has 1 rings (SSSR count). The van der Waals surface area contributed by atoms with Gasteiger partial charge in [-0.1, -0.05) is 31.9 Å². The van der Waals surface area contributed by atoms with Crippen LogP contribution >= 0.6 is 0 Å². The van der Waals surface area contributed by atoms with E-state index in [9.17, 15) is 13.2 Å². The van der Waals surface area contributed by atoms with E-state index in [1.165, 1.54) is 31.2 Å². The number of benzene rings is 1. The molecule has 0 unspecified atom stereocenters. The lowest BCUT2D eigenvalue weighted by Crippen LogP contribution is -2.46. The average Bonchev–Trinajstić information content (AvgIpc) is 2.45. The third kappa shape index (κ3) is 3.47. The second kappa shape index (κ2) is 6.21. The molecule has 0 atom stereocenters. The summed E-state index contributed by atoms with van der Waals surface area (Å²) in [4.78, 5) is 11.3. The highest BCUT2D eigenvalue weighted by atomic mass is 32.2. The Morgan fingerprint density at radius 2 is 1.75 bits per heavy atom. The van der Waals surface area contributed by atoms with E-state index in [1.807, 2.05) is 13.8 Å². The molecule has 0 saturated carbocycles. The predicted molar refractivity (Wildman–Crippen MR) is 78.9 cm³/mol. The first-order valence-electron chi connectivity index (χ1n) is 6.43. The van der Waals surface area contributed by atoms with Crippen molar-refractivity contribution < 1.29 is 13.2 Å². The van der Waals surface area contributed by atoms with E-state index in [4.69, 9.17) is 6.42 Å². The number of hydrogen-bond acceptors (Lipinski definition) is 3. The van der Waals surface area contributed by atoms with Crippen molar-refractivity contribution in [2.45, 2.75) is 44.0 Å². The van der Waals surface area contributed by atoms with Gasteiger partial charge in [-0.25, -0.2) is 8.42 Å². The van der Waals surface area contributed by atoms with E-state index in [1.54, 1.807) is 0 Å². The molecule has 0 spiro atoms. The zero-order valence-electron chi connectivity index (χ0n) is 11.9. The van der Waals surface area contributed by atoms with Gasteiger partial charge < -0.3 is 0 Å². The highest BCUT2D eigenvalue weighted by molar-refractivity contribution is 7.89. The van der Waals surface area contributed by atoms with Crippen molar-refractivity contribution in [3.63, 3.8) is 0 Å². The van der Waals surface area contributed by atoms with Crippen LogP contribution in [0, 0.1) is 12.3 Å². The second-order valence-corrected chi connectivity index (χ2v) is 6.30. The number of carbonyl (C=O) groups is 1. The van der Waals surface area contributed by atoms with Crippen molar-refractivity contribution in [1.29, 1.82) is 0 Å². The van der Waals surface area contributed by atoms with Crippen LogP contribution in [0.15, 0.2) is 29.2 Å². The Hall–Kier alpha value is -1.64. The Kier molecular flexibility index (Phi) is 5.09. The second-order valence-electron chi connectivity index (χ2n) is 4.62. The van der Waals surface area contributed by atoms with Gasteiger partial charge in [-0.3, -0.25) is 4.79 Å². The van der Waals surface area contributed by atoms with Crippen LogP contribution in [0.4, 0.5) is 0 Å². The third-order valence-corrected chi connectivity index (χ3v) is 4.94. The molecule has 4 nitrogen and oxygen atoms in total. The fraction of sp³-hybridized carbons (Fsp3) is 0.400. The Labute approximate surface area is 120 Å². The quantitative estimate of drug-likeness (QED) is 0.647. The number of terminal acetylenes is 1. The molecule has 0 heterocycles. The van der Waals surface area contributed by atoms with Crippen LogP contribution in [0.3, 0.4) is 0 Å². The number of rotatable bonds is 6. The molecule has 5 heteroatoms. The van der Waals surface area contributed by atoms with Crippen LogP contribution in [0.2, 0.25) is 0 Å². The van der Waals surface area contributed by atoms with Gasteiger partial charge in [0.25, 0.3) is 0 Å². The summed E-state index contributed by atoms with van der Waals surface area (Å²) in [6, 6.07) is 5.80. The van der Waals surface area contributed by atoms with Crippen LogP contribution in [0.1, 0.15) is 44.0 Å². The molecule has 0 aliphatic carbocycles. The number of carbonyl (C=O) groups excluding carboxylic acids is 1. The molecular weight excluding hydrogens is 274 g/mol. The van der Waals surface area contributed by atoms with Crippen molar-refractivity contribution in [1.82, 2.24) is 4.72 Å². The van der Waals surface area contributed by atoms with Crippen molar-refractivity contribution in [3.05, 3.63) is 29.8 Å². The minimum Gasteiger partial charge on any atom is -0.295 e. The van der Waals surface area contributed by atoms with Crippen molar-refractivity contribution in [2.75, 3.05) is 0 Å². The maximum atomic E-state index is 12.3. The summed E-state index contributed by atoms with van der Waals surface area (Å²) in [5.74, 6) is 2.42. The molecule has 1 aromatic rings. The van der Waals surface area contributed by atoms with Crippen molar-refractivity contribution in [2.24, 2.45) is 0 Å². The van der Waals surface area contributed by atoms with E-state index in [0.29, 0.717) is 18.4 Å². The molecule has 108 valence electrons. The van der Waals surface area contributed by atoms with Gasteiger partial charge in [-0.15, -0.1) is 6.42 Å². The van der Waals surface area contributed by atoms with Gasteiger partial charge in [0.1, 0.15) is 0 Å². The molecule has 1 N–H and O–H groups in total. The molecule has 0 radical (unpaired) electrons. The Balaban J connectivity index is 3.11. The lowest BCUT2D eigenvalue weighted by Gasteiger charge is -2.26. The van der Waals surface area contributed by atoms with E-state index in [2.05, 4.69) is 10.6 Å². The summed E-state index contributed by atoms with van der Waals surface area (Å²) in [6.45, 7) is 5.11. The summed E-state index contributed by atoms with van der Waals surface area (Å²) in [5.41, 5.74) is -0.406. The molecule has 0 bridgehead atoms. The van der Waals surface area contributed by atoms with Crippen LogP contribution in [0.25, 0.3) is 0 Å². The standard InChI is InChI=1S/C15H19NO3S/c1-5-15(6-2,7-3)16-20(18,19)14-10-8-13(9-11-14)12(4)17/h1,8-11,16H,6-7H2,2-4H3. The summed E-state index contributed by atoms with van der Waals surface area (Å²) >= 11 is 0. The largest absolute Gasteiger partial charge is 0.295 e. The zero-order chi connectivity index (χ0) is 15.4. The fourth-order valence-electron chi connectivity index (χ4n) is 1.81. The number of sulfonamides is 1. The minimum atomic E-state index is -3.70.